The predicted molar refractivity (Wildman–Crippen MR) is 76.5 cm³/mol. The molecule has 0 aliphatic heterocycles. The second-order valence-corrected chi connectivity index (χ2v) is 4.67. The third kappa shape index (κ3) is 3.54. The summed E-state index contributed by atoms with van der Waals surface area (Å²) in [5, 5.41) is 11.8. The van der Waals surface area contributed by atoms with Crippen molar-refractivity contribution in [2.45, 2.75) is 25.8 Å². The Labute approximate surface area is 119 Å². The van der Waals surface area contributed by atoms with Crippen LogP contribution < -0.4 is 10.1 Å². The average molecular weight is 275 g/mol. The Balaban J connectivity index is 2.15. The molecule has 0 saturated heterocycles. The van der Waals surface area contributed by atoms with Crippen molar-refractivity contribution in [1.82, 2.24) is 25.1 Å². The lowest BCUT2D eigenvalue weighted by Crippen LogP contribution is -2.26. The van der Waals surface area contributed by atoms with Crippen molar-refractivity contribution in [3.05, 3.63) is 36.0 Å². The molecule has 0 aliphatic rings. The van der Waals surface area contributed by atoms with Gasteiger partial charge in [-0.25, -0.2) is 4.98 Å². The Morgan fingerprint density at radius 3 is 2.75 bits per heavy atom. The normalized spacial score (nSPS) is 12.3. The monoisotopic (exact) mass is 275 g/mol. The molecule has 2 aromatic rings. The van der Waals surface area contributed by atoms with Gasteiger partial charge in [0, 0.05) is 31.9 Å². The average Bonchev–Trinajstić information content (AvgIpc) is 2.89. The van der Waals surface area contributed by atoms with Crippen molar-refractivity contribution in [2.75, 3.05) is 13.7 Å². The zero-order chi connectivity index (χ0) is 14.4. The molecule has 2 rings (SSSR count). The summed E-state index contributed by atoms with van der Waals surface area (Å²) in [6, 6.07) is 3.89. The van der Waals surface area contributed by atoms with Crippen LogP contribution >= 0.6 is 0 Å². The van der Waals surface area contributed by atoms with E-state index in [0.717, 1.165) is 30.9 Å². The van der Waals surface area contributed by atoms with Crippen molar-refractivity contribution >= 4 is 0 Å². The molecule has 1 unspecified atom stereocenters. The van der Waals surface area contributed by atoms with Gasteiger partial charge in [0.15, 0.2) is 0 Å². The Kier molecular flexibility index (Phi) is 5.06. The molecule has 108 valence electrons. The van der Waals surface area contributed by atoms with E-state index in [4.69, 9.17) is 4.74 Å². The lowest BCUT2D eigenvalue weighted by molar-refractivity contribution is 0.388. The molecule has 1 N–H and O–H groups in total. The van der Waals surface area contributed by atoms with E-state index < -0.39 is 0 Å². The van der Waals surface area contributed by atoms with E-state index in [2.05, 4.69) is 27.4 Å². The minimum atomic E-state index is 0.106. The number of rotatable bonds is 7. The fourth-order valence-electron chi connectivity index (χ4n) is 2.00. The van der Waals surface area contributed by atoms with Gasteiger partial charge < -0.3 is 14.6 Å². The van der Waals surface area contributed by atoms with Crippen LogP contribution in [0.3, 0.4) is 0 Å². The van der Waals surface area contributed by atoms with E-state index in [1.165, 1.54) is 0 Å². The summed E-state index contributed by atoms with van der Waals surface area (Å²) in [4.78, 5) is 4.37. The molecule has 0 amide bonds. The van der Waals surface area contributed by atoms with Crippen LogP contribution in [0.5, 0.6) is 5.88 Å². The largest absolute Gasteiger partial charge is 0.480 e. The molecule has 2 aromatic heterocycles. The molecule has 0 aliphatic carbocycles. The van der Waals surface area contributed by atoms with Gasteiger partial charge in [-0.2, -0.15) is 5.10 Å². The zero-order valence-electron chi connectivity index (χ0n) is 12.2. The highest BCUT2D eigenvalue weighted by atomic mass is 16.5. The molecule has 0 radical (unpaired) electrons. The quantitative estimate of drug-likeness (QED) is 0.829. The SMILES string of the molecule is CCCNC(Cc1nccn1C)c1ccc(OC)nn1. The van der Waals surface area contributed by atoms with Gasteiger partial charge in [-0.3, -0.25) is 0 Å². The number of imidazole rings is 1. The summed E-state index contributed by atoms with van der Waals surface area (Å²) < 4.78 is 7.07. The predicted octanol–water partition coefficient (Wildman–Crippen LogP) is 1.50. The lowest BCUT2D eigenvalue weighted by Gasteiger charge is -2.17. The molecule has 2 heterocycles. The number of ether oxygens (including phenoxy) is 1. The third-order valence-electron chi connectivity index (χ3n) is 3.18. The molecule has 1 atom stereocenters. The summed E-state index contributed by atoms with van der Waals surface area (Å²) in [5.41, 5.74) is 0.905. The summed E-state index contributed by atoms with van der Waals surface area (Å²) in [6.07, 6.45) is 5.61. The van der Waals surface area contributed by atoms with Crippen molar-refractivity contribution < 1.29 is 4.74 Å². The van der Waals surface area contributed by atoms with Crippen molar-refractivity contribution in [3.63, 3.8) is 0 Å². The fraction of sp³-hybridized carbons (Fsp3) is 0.500. The van der Waals surface area contributed by atoms with Crippen LogP contribution in [0.1, 0.15) is 30.9 Å². The van der Waals surface area contributed by atoms with Gasteiger partial charge in [0.2, 0.25) is 5.88 Å². The van der Waals surface area contributed by atoms with Gasteiger partial charge in [0.05, 0.1) is 18.8 Å². The molecular formula is C14H21N5O. The molecule has 6 heteroatoms. The zero-order valence-corrected chi connectivity index (χ0v) is 12.2. The van der Waals surface area contributed by atoms with Crippen molar-refractivity contribution in [2.24, 2.45) is 7.05 Å². The van der Waals surface area contributed by atoms with Crippen molar-refractivity contribution in [1.29, 1.82) is 0 Å². The first-order chi connectivity index (χ1) is 9.74. The summed E-state index contributed by atoms with van der Waals surface area (Å²) >= 11 is 0. The summed E-state index contributed by atoms with van der Waals surface area (Å²) in [5.74, 6) is 1.55. The number of aromatic nitrogens is 4. The maximum atomic E-state index is 5.04. The molecule has 6 nitrogen and oxygen atoms in total. The van der Waals surface area contributed by atoms with Crippen LogP contribution in [0.2, 0.25) is 0 Å². The second kappa shape index (κ2) is 7.00. The summed E-state index contributed by atoms with van der Waals surface area (Å²) in [7, 11) is 3.59. The molecule has 0 aromatic carbocycles. The molecule has 0 spiro atoms. The minimum Gasteiger partial charge on any atom is -0.480 e. The molecular weight excluding hydrogens is 254 g/mol. The van der Waals surface area contributed by atoms with Crippen LogP contribution in [0, 0.1) is 0 Å². The van der Waals surface area contributed by atoms with Gasteiger partial charge in [-0.05, 0) is 19.0 Å². The number of hydrogen-bond donors (Lipinski definition) is 1. The fourth-order valence-corrected chi connectivity index (χ4v) is 2.00. The maximum Gasteiger partial charge on any atom is 0.233 e. The molecule has 20 heavy (non-hydrogen) atoms. The highest BCUT2D eigenvalue weighted by Crippen LogP contribution is 2.16. The second-order valence-electron chi connectivity index (χ2n) is 4.67. The van der Waals surface area contributed by atoms with Crippen LogP contribution in [0.25, 0.3) is 0 Å². The Morgan fingerprint density at radius 2 is 2.20 bits per heavy atom. The first-order valence-corrected chi connectivity index (χ1v) is 6.81. The third-order valence-corrected chi connectivity index (χ3v) is 3.18. The lowest BCUT2D eigenvalue weighted by atomic mass is 10.1. The van der Waals surface area contributed by atoms with Gasteiger partial charge in [0.1, 0.15) is 5.82 Å². The Hall–Kier alpha value is -1.95. The number of hydrogen-bond acceptors (Lipinski definition) is 5. The maximum absolute atomic E-state index is 5.04. The van der Waals surface area contributed by atoms with Crippen LogP contribution in [0.15, 0.2) is 24.5 Å². The number of aryl methyl sites for hydroxylation is 1. The first-order valence-electron chi connectivity index (χ1n) is 6.81. The van der Waals surface area contributed by atoms with E-state index in [-0.39, 0.29) is 6.04 Å². The molecule has 0 fully saturated rings. The highest BCUT2D eigenvalue weighted by molar-refractivity contribution is 5.15. The Bertz CT molecular complexity index is 523. The van der Waals surface area contributed by atoms with Crippen LogP contribution in [-0.2, 0) is 13.5 Å². The van der Waals surface area contributed by atoms with Gasteiger partial charge in [-0.15, -0.1) is 5.10 Å². The standard InChI is InChI=1S/C14H21N5O/c1-4-7-15-12(10-13-16-8-9-19(13)2)11-5-6-14(20-3)18-17-11/h5-6,8-9,12,15H,4,7,10H2,1-3H3. The minimum absolute atomic E-state index is 0.106. The van der Waals surface area contributed by atoms with E-state index in [0.29, 0.717) is 5.88 Å². The van der Waals surface area contributed by atoms with Gasteiger partial charge in [0.25, 0.3) is 0 Å². The van der Waals surface area contributed by atoms with Gasteiger partial charge >= 0.3 is 0 Å². The number of nitrogens with zero attached hydrogens (tertiary/aromatic N) is 4. The smallest absolute Gasteiger partial charge is 0.233 e. The van der Waals surface area contributed by atoms with Crippen LogP contribution in [0.4, 0.5) is 0 Å². The van der Waals surface area contributed by atoms with E-state index in [9.17, 15) is 0 Å². The van der Waals surface area contributed by atoms with E-state index in [1.807, 2.05) is 36.1 Å². The topological polar surface area (TPSA) is 64.9 Å². The van der Waals surface area contributed by atoms with Crippen LogP contribution in [-0.4, -0.2) is 33.4 Å². The van der Waals surface area contributed by atoms with E-state index >= 15 is 0 Å². The molecule has 0 bridgehead atoms. The number of methoxy groups -OCH3 is 1. The molecule has 0 saturated carbocycles. The Morgan fingerprint density at radius 1 is 1.35 bits per heavy atom. The van der Waals surface area contributed by atoms with Crippen molar-refractivity contribution in [3.8, 4) is 5.88 Å². The van der Waals surface area contributed by atoms with Gasteiger partial charge in [-0.1, -0.05) is 6.92 Å². The van der Waals surface area contributed by atoms with E-state index in [1.54, 1.807) is 7.11 Å². The number of nitrogens with one attached hydrogen (secondary N) is 1. The highest BCUT2D eigenvalue weighted by Gasteiger charge is 2.16. The summed E-state index contributed by atoms with van der Waals surface area (Å²) in [6.45, 7) is 3.08. The first kappa shape index (κ1) is 14.5.